The smallest absolute Gasteiger partial charge is 0.244 e. The van der Waals surface area contributed by atoms with E-state index in [-0.39, 0.29) is 24.1 Å². The minimum atomic E-state index is -0.398. The minimum Gasteiger partial charge on any atom is -0.336 e. The summed E-state index contributed by atoms with van der Waals surface area (Å²) in [5.74, 6) is -0.589. The number of nitrogens with zero attached hydrogens (tertiary/aromatic N) is 4. The van der Waals surface area contributed by atoms with Crippen molar-refractivity contribution < 1.29 is 14.0 Å². The van der Waals surface area contributed by atoms with E-state index in [0.29, 0.717) is 27.3 Å². The molecule has 0 aliphatic rings. The Hall–Kier alpha value is -2.91. The molecule has 0 bridgehead atoms. The molecule has 3 aromatic rings. The first-order valence-electron chi connectivity index (χ1n) is 8.92. The number of hydrogen-bond donors (Lipinski definition) is 1. The molecule has 156 valence electrons. The highest BCUT2D eigenvalue weighted by Gasteiger charge is 2.18. The van der Waals surface area contributed by atoms with E-state index in [4.69, 9.17) is 11.6 Å². The third kappa shape index (κ3) is 5.17. The van der Waals surface area contributed by atoms with Gasteiger partial charge in [0.1, 0.15) is 5.82 Å². The molecule has 7 nitrogen and oxygen atoms in total. The molecule has 1 N–H and O–H groups in total. The van der Waals surface area contributed by atoms with E-state index in [1.165, 1.54) is 18.0 Å². The van der Waals surface area contributed by atoms with Crippen LogP contribution in [0.2, 0.25) is 5.02 Å². The summed E-state index contributed by atoms with van der Waals surface area (Å²) in [6, 6.07) is 13.1. The molecule has 0 aliphatic carbocycles. The number of halogens is 2. The van der Waals surface area contributed by atoms with E-state index in [9.17, 15) is 14.0 Å². The van der Waals surface area contributed by atoms with Crippen molar-refractivity contribution in [2.75, 3.05) is 24.7 Å². The first-order valence-corrected chi connectivity index (χ1v) is 10.3. The number of aromatic nitrogens is 3. The summed E-state index contributed by atoms with van der Waals surface area (Å²) in [6.45, 7) is -0.121. The van der Waals surface area contributed by atoms with Crippen LogP contribution in [0.15, 0.2) is 53.7 Å². The van der Waals surface area contributed by atoms with Crippen LogP contribution in [0.3, 0.4) is 0 Å². The first-order chi connectivity index (χ1) is 14.4. The summed E-state index contributed by atoms with van der Waals surface area (Å²) in [5, 5.41) is 11.6. The zero-order valence-electron chi connectivity index (χ0n) is 16.3. The molecular weight excluding hydrogens is 429 g/mol. The van der Waals surface area contributed by atoms with Crippen LogP contribution in [0.1, 0.15) is 0 Å². The molecule has 0 spiro atoms. The van der Waals surface area contributed by atoms with Gasteiger partial charge in [0.2, 0.25) is 11.8 Å². The number of para-hydroxylation sites is 1. The van der Waals surface area contributed by atoms with E-state index in [0.717, 1.165) is 11.8 Å². The van der Waals surface area contributed by atoms with Gasteiger partial charge in [-0.25, -0.2) is 4.39 Å². The molecule has 1 heterocycles. The summed E-state index contributed by atoms with van der Waals surface area (Å²) in [7, 11) is 3.24. The number of carbonyl (C=O) groups excluding carboxylic acids is 2. The summed E-state index contributed by atoms with van der Waals surface area (Å²) >= 11 is 7.18. The van der Waals surface area contributed by atoms with Crippen LogP contribution in [0.5, 0.6) is 0 Å². The van der Waals surface area contributed by atoms with Crippen LogP contribution in [-0.2, 0) is 16.6 Å². The zero-order valence-corrected chi connectivity index (χ0v) is 17.9. The number of likely N-dealkylation sites (N-methyl/N-ethyl adjacent to an activating group) is 1. The maximum atomic E-state index is 14.0. The Morgan fingerprint density at radius 3 is 2.60 bits per heavy atom. The second-order valence-electron chi connectivity index (χ2n) is 6.41. The third-order valence-corrected chi connectivity index (χ3v) is 5.56. The van der Waals surface area contributed by atoms with Crippen molar-refractivity contribution in [2.24, 2.45) is 7.05 Å². The average molecular weight is 448 g/mol. The van der Waals surface area contributed by atoms with Gasteiger partial charge in [0.05, 0.1) is 28.6 Å². The number of thioether (sulfide) groups is 1. The predicted octanol–water partition coefficient (Wildman–Crippen LogP) is 3.46. The molecule has 10 heteroatoms. The van der Waals surface area contributed by atoms with Crippen LogP contribution in [0, 0.1) is 5.82 Å². The lowest BCUT2D eigenvalue weighted by atomic mass is 10.2. The van der Waals surface area contributed by atoms with Gasteiger partial charge in [0.15, 0.2) is 11.0 Å². The maximum absolute atomic E-state index is 14.0. The summed E-state index contributed by atoms with van der Waals surface area (Å²) in [6.07, 6.45) is 0. The average Bonchev–Trinajstić information content (AvgIpc) is 3.08. The second-order valence-corrected chi connectivity index (χ2v) is 7.76. The molecule has 0 saturated heterocycles. The fourth-order valence-electron chi connectivity index (χ4n) is 2.61. The Labute approximate surface area is 182 Å². The van der Waals surface area contributed by atoms with Crippen molar-refractivity contribution >= 4 is 40.9 Å². The molecule has 2 aromatic carbocycles. The second kappa shape index (κ2) is 9.73. The van der Waals surface area contributed by atoms with Crippen LogP contribution in [0.25, 0.3) is 11.4 Å². The van der Waals surface area contributed by atoms with Crippen LogP contribution < -0.4 is 5.32 Å². The lowest BCUT2D eigenvalue weighted by Gasteiger charge is -2.16. The largest absolute Gasteiger partial charge is 0.336 e. The third-order valence-electron chi connectivity index (χ3n) is 4.23. The summed E-state index contributed by atoms with van der Waals surface area (Å²) in [4.78, 5) is 25.9. The van der Waals surface area contributed by atoms with Crippen molar-refractivity contribution in [1.29, 1.82) is 0 Å². The van der Waals surface area contributed by atoms with E-state index in [2.05, 4.69) is 15.5 Å². The van der Waals surface area contributed by atoms with Gasteiger partial charge in [-0.15, -0.1) is 10.2 Å². The molecule has 0 aliphatic heterocycles. The van der Waals surface area contributed by atoms with Crippen molar-refractivity contribution in [3.05, 3.63) is 59.4 Å². The summed E-state index contributed by atoms with van der Waals surface area (Å²) < 4.78 is 15.6. The molecule has 1 aromatic heterocycles. The first kappa shape index (κ1) is 21.8. The van der Waals surface area contributed by atoms with E-state index in [1.807, 2.05) is 0 Å². The predicted molar refractivity (Wildman–Crippen MR) is 115 cm³/mol. The Morgan fingerprint density at radius 2 is 1.87 bits per heavy atom. The fraction of sp³-hybridized carbons (Fsp3) is 0.200. The highest BCUT2D eigenvalue weighted by molar-refractivity contribution is 7.99. The number of carbonyl (C=O) groups is 2. The Morgan fingerprint density at radius 1 is 1.17 bits per heavy atom. The Bertz CT molecular complexity index is 1070. The molecule has 0 radical (unpaired) electrons. The van der Waals surface area contributed by atoms with Crippen molar-refractivity contribution in [1.82, 2.24) is 19.7 Å². The molecule has 0 unspecified atom stereocenters. The van der Waals surface area contributed by atoms with E-state index < -0.39 is 5.82 Å². The Kier molecular flexibility index (Phi) is 7.07. The molecular formula is C20H19ClFN5O2S. The highest BCUT2D eigenvalue weighted by Crippen LogP contribution is 2.25. The number of anilines is 1. The van der Waals surface area contributed by atoms with Gasteiger partial charge >= 0.3 is 0 Å². The number of amides is 2. The Balaban J connectivity index is 1.56. The lowest BCUT2D eigenvalue weighted by Crippen LogP contribution is -2.36. The SMILES string of the molecule is CN(CC(=O)Nc1ccccc1Cl)C(=O)CSc1nnc(-c2ccccc2F)n1C. The lowest BCUT2D eigenvalue weighted by molar-refractivity contribution is -0.131. The van der Waals surface area contributed by atoms with Crippen molar-refractivity contribution in [3.8, 4) is 11.4 Å². The number of rotatable bonds is 7. The van der Waals surface area contributed by atoms with Gasteiger partial charge < -0.3 is 14.8 Å². The zero-order chi connectivity index (χ0) is 21.7. The van der Waals surface area contributed by atoms with E-state index >= 15 is 0 Å². The monoisotopic (exact) mass is 447 g/mol. The molecule has 0 atom stereocenters. The van der Waals surface area contributed by atoms with Crippen LogP contribution >= 0.6 is 23.4 Å². The van der Waals surface area contributed by atoms with Gasteiger partial charge in [-0.2, -0.15) is 0 Å². The normalized spacial score (nSPS) is 10.7. The quantitative estimate of drug-likeness (QED) is 0.561. The highest BCUT2D eigenvalue weighted by atomic mass is 35.5. The number of nitrogens with one attached hydrogen (secondary N) is 1. The number of benzene rings is 2. The van der Waals surface area contributed by atoms with Gasteiger partial charge in [0, 0.05) is 14.1 Å². The van der Waals surface area contributed by atoms with Crippen molar-refractivity contribution in [2.45, 2.75) is 5.16 Å². The molecule has 2 amide bonds. The van der Waals surface area contributed by atoms with Crippen molar-refractivity contribution in [3.63, 3.8) is 0 Å². The summed E-state index contributed by atoms with van der Waals surface area (Å²) in [5.41, 5.74) is 0.818. The standard InChI is InChI=1S/C20H19ClFN5O2S/c1-26(11-17(28)23-16-10-6-4-8-14(16)21)18(29)12-30-20-25-24-19(27(20)2)13-7-3-5-9-15(13)22/h3-10H,11-12H2,1-2H3,(H,23,28). The van der Waals surface area contributed by atoms with Gasteiger partial charge in [-0.3, -0.25) is 9.59 Å². The topological polar surface area (TPSA) is 80.1 Å². The fourth-order valence-corrected chi connectivity index (χ4v) is 3.64. The van der Waals surface area contributed by atoms with Gasteiger partial charge in [-0.1, -0.05) is 47.6 Å². The van der Waals surface area contributed by atoms with E-state index in [1.54, 1.807) is 54.1 Å². The molecule has 3 rings (SSSR count). The minimum absolute atomic E-state index is 0.0547. The molecule has 0 saturated carbocycles. The van der Waals surface area contributed by atoms with Crippen LogP contribution in [-0.4, -0.2) is 50.8 Å². The van der Waals surface area contributed by atoms with Gasteiger partial charge in [-0.05, 0) is 24.3 Å². The van der Waals surface area contributed by atoms with Gasteiger partial charge in [0.25, 0.3) is 0 Å². The number of hydrogen-bond acceptors (Lipinski definition) is 5. The molecule has 30 heavy (non-hydrogen) atoms. The maximum Gasteiger partial charge on any atom is 0.244 e. The van der Waals surface area contributed by atoms with Crippen LogP contribution in [0.4, 0.5) is 10.1 Å². The molecule has 0 fully saturated rings.